The van der Waals surface area contributed by atoms with Gasteiger partial charge < -0.3 is 15.4 Å². The van der Waals surface area contributed by atoms with Crippen molar-refractivity contribution in [3.05, 3.63) is 24.3 Å². The van der Waals surface area contributed by atoms with E-state index in [1.54, 1.807) is 24.3 Å². The van der Waals surface area contributed by atoms with Crippen molar-refractivity contribution in [2.45, 2.75) is 53.9 Å². The number of unbranched alkanes of at least 4 members (excludes halogenated alkanes) is 1. The molecule has 0 fully saturated rings. The zero-order valence-corrected chi connectivity index (χ0v) is 15.4. The molecule has 0 heterocycles. The predicted molar refractivity (Wildman–Crippen MR) is 97.2 cm³/mol. The molecule has 134 valence electrons. The van der Waals surface area contributed by atoms with E-state index in [0.29, 0.717) is 23.9 Å². The molecule has 0 atom stereocenters. The lowest BCUT2D eigenvalue weighted by molar-refractivity contribution is -0.124. The number of hydrogen-bond acceptors (Lipinski definition) is 3. The Labute approximate surface area is 145 Å². The van der Waals surface area contributed by atoms with Gasteiger partial charge in [-0.15, -0.1) is 0 Å². The molecule has 0 unspecified atom stereocenters. The molecule has 0 bridgehead atoms. The number of hydrogen-bond donors (Lipinski definition) is 2. The molecule has 1 rings (SSSR count). The minimum Gasteiger partial charge on any atom is -0.410 e. The molecule has 0 aliphatic heterocycles. The van der Waals surface area contributed by atoms with Gasteiger partial charge in [0.1, 0.15) is 5.75 Å². The highest BCUT2D eigenvalue weighted by molar-refractivity contribution is 5.95. The maximum atomic E-state index is 12.4. The molecule has 5 heteroatoms. The summed E-state index contributed by atoms with van der Waals surface area (Å²) < 4.78 is 5.23. The van der Waals surface area contributed by atoms with Crippen LogP contribution >= 0.6 is 0 Å². The van der Waals surface area contributed by atoms with E-state index in [9.17, 15) is 9.59 Å². The summed E-state index contributed by atoms with van der Waals surface area (Å²) in [5.74, 6) is 0.802. The molecular formula is C19H30N2O3. The first kappa shape index (κ1) is 20.0. The van der Waals surface area contributed by atoms with Gasteiger partial charge in [0.05, 0.1) is 0 Å². The third kappa shape index (κ3) is 7.02. The minimum absolute atomic E-state index is 0.0410. The summed E-state index contributed by atoms with van der Waals surface area (Å²) in [7, 11) is 0. The first-order chi connectivity index (χ1) is 11.2. The Bertz CT molecular complexity index is 553. The Kier molecular flexibility index (Phi) is 7.75. The lowest BCUT2D eigenvalue weighted by Crippen LogP contribution is -2.32. The van der Waals surface area contributed by atoms with Crippen molar-refractivity contribution in [1.82, 2.24) is 5.32 Å². The van der Waals surface area contributed by atoms with Crippen molar-refractivity contribution < 1.29 is 14.3 Å². The SMILES string of the molecule is CCCCNC(=O)Oc1cccc(NC(=O)C(C)(C)CC(C)C)c1. The van der Waals surface area contributed by atoms with E-state index >= 15 is 0 Å². The van der Waals surface area contributed by atoms with E-state index in [1.807, 2.05) is 13.8 Å². The van der Waals surface area contributed by atoms with Gasteiger partial charge in [0.15, 0.2) is 0 Å². The van der Waals surface area contributed by atoms with Crippen LogP contribution in [-0.2, 0) is 4.79 Å². The van der Waals surface area contributed by atoms with E-state index in [1.165, 1.54) is 0 Å². The fourth-order valence-electron chi connectivity index (χ4n) is 2.56. The van der Waals surface area contributed by atoms with Gasteiger partial charge in [-0.2, -0.15) is 0 Å². The summed E-state index contributed by atoms with van der Waals surface area (Å²) in [6, 6.07) is 6.88. The monoisotopic (exact) mass is 334 g/mol. The van der Waals surface area contributed by atoms with Crippen LogP contribution in [0, 0.1) is 11.3 Å². The van der Waals surface area contributed by atoms with Gasteiger partial charge in [-0.3, -0.25) is 4.79 Å². The number of amides is 2. The molecule has 1 aromatic carbocycles. The first-order valence-corrected chi connectivity index (χ1v) is 8.62. The van der Waals surface area contributed by atoms with E-state index < -0.39 is 11.5 Å². The maximum Gasteiger partial charge on any atom is 0.412 e. The van der Waals surface area contributed by atoms with E-state index in [0.717, 1.165) is 19.3 Å². The van der Waals surface area contributed by atoms with Crippen molar-refractivity contribution >= 4 is 17.7 Å². The lowest BCUT2D eigenvalue weighted by Gasteiger charge is -2.25. The Hall–Kier alpha value is -2.04. The highest BCUT2D eigenvalue weighted by Gasteiger charge is 2.28. The Morgan fingerprint density at radius 1 is 1.25 bits per heavy atom. The first-order valence-electron chi connectivity index (χ1n) is 8.62. The van der Waals surface area contributed by atoms with Crippen LogP contribution in [0.15, 0.2) is 24.3 Å². The Balaban J connectivity index is 2.65. The predicted octanol–water partition coefficient (Wildman–Crippen LogP) is 4.59. The van der Waals surface area contributed by atoms with Gasteiger partial charge in [-0.05, 0) is 30.9 Å². The zero-order chi connectivity index (χ0) is 18.2. The number of rotatable bonds is 8. The van der Waals surface area contributed by atoms with Crippen molar-refractivity contribution in [3.63, 3.8) is 0 Å². The molecule has 2 amide bonds. The van der Waals surface area contributed by atoms with Gasteiger partial charge in [0.2, 0.25) is 5.91 Å². The molecule has 0 radical (unpaired) electrons. The number of benzene rings is 1. The topological polar surface area (TPSA) is 67.4 Å². The smallest absolute Gasteiger partial charge is 0.410 e. The van der Waals surface area contributed by atoms with Crippen LogP contribution in [0.3, 0.4) is 0 Å². The number of carbonyl (C=O) groups excluding carboxylic acids is 2. The molecule has 0 spiro atoms. The van der Waals surface area contributed by atoms with Gasteiger partial charge in [-0.1, -0.05) is 47.1 Å². The Morgan fingerprint density at radius 3 is 2.58 bits per heavy atom. The number of anilines is 1. The highest BCUT2D eigenvalue weighted by Crippen LogP contribution is 2.27. The Morgan fingerprint density at radius 2 is 1.96 bits per heavy atom. The van der Waals surface area contributed by atoms with E-state index in [2.05, 4.69) is 31.4 Å². The fourth-order valence-corrected chi connectivity index (χ4v) is 2.56. The van der Waals surface area contributed by atoms with E-state index in [4.69, 9.17) is 4.74 Å². The molecule has 0 saturated heterocycles. The second kappa shape index (κ2) is 9.30. The lowest BCUT2D eigenvalue weighted by atomic mass is 9.83. The van der Waals surface area contributed by atoms with Crippen LogP contribution in [0.2, 0.25) is 0 Å². The average molecular weight is 334 g/mol. The summed E-state index contributed by atoms with van der Waals surface area (Å²) in [6.07, 6.45) is 2.24. The summed E-state index contributed by atoms with van der Waals surface area (Å²) in [4.78, 5) is 24.1. The highest BCUT2D eigenvalue weighted by atomic mass is 16.6. The van der Waals surface area contributed by atoms with E-state index in [-0.39, 0.29) is 5.91 Å². The summed E-state index contributed by atoms with van der Waals surface area (Å²) in [5.41, 5.74) is 0.165. The normalized spacial score (nSPS) is 11.2. The van der Waals surface area contributed by atoms with Crippen molar-refractivity contribution in [2.75, 3.05) is 11.9 Å². The van der Waals surface area contributed by atoms with Gasteiger partial charge in [0.25, 0.3) is 0 Å². The average Bonchev–Trinajstić information content (AvgIpc) is 2.46. The number of nitrogens with one attached hydrogen (secondary N) is 2. The molecule has 5 nitrogen and oxygen atoms in total. The second-order valence-corrected chi connectivity index (χ2v) is 7.13. The van der Waals surface area contributed by atoms with Crippen LogP contribution in [0.5, 0.6) is 5.75 Å². The van der Waals surface area contributed by atoms with Gasteiger partial charge in [0, 0.05) is 23.7 Å². The molecule has 0 aliphatic carbocycles. The molecule has 0 saturated carbocycles. The molecule has 0 aromatic heterocycles. The minimum atomic E-state index is -0.480. The molecule has 1 aromatic rings. The fraction of sp³-hybridized carbons (Fsp3) is 0.579. The van der Waals surface area contributed by atoms with Crippen LogP contribution in [-0.4, -0.2) is 18.5 Å². The van der Waals surface area contributed by atoms with Crippen molar-refractivity contribution in [3.8, 4) is 5.75 Å². The third-order valence-corrected chi connectivity index (χ3v) is 3.64. The van der Waals surface area contributed by atoms with Crippen molar-refractivity contribution in [1.29, 1.82) is 0 Å². The molecule has 2 N–H and O–H groups in total. The summed E-state index contributed by atoms with van der Waals surface area (Å²) in [6.45, 7) is 10.7. The van der Waals surface area contributed by atoms with Crippen LogP contribution in [0.25, 0.3) is 0 Å². The standard InChI is InChI=1S/C19H30N2O3/c1-6-7-11-20-18(23)24-16-10-8-9-15(12-16)21-17(22)19(4,5)13-14(2)3/h8-10,12,14H,6-7,11,13H2,1-5H3,(H,20,23)(H,21,22). The number of ether oxygens (including phenoxy) is 1. The third-order valence-electron chi connectivity index (χ3n) is 3.64. The van der Waals surface area contributed by atoms with Gasteiger partial charge in [-0.25, -0.2) is 4.79 Å². The maximum absolute atomic E-state index is 12.4. The van der Waals surface area contributed by atoms with Crippen LogP contribution < -0.4 is 15.4 Å². The quantitative estimate of drug-likeness (QED) is 0.683. The molecule has 0 aliphatic rings. The second-order valence-electron chi connectivity index (χ2n) is 7.13. The number of carbonyl (C=O) groups is 2. The summed E-state index contributed by atoms with van der Waals surface area (Å²) >= 11 is 0. The molecular weight excluding hydrogens is 304 g/mol. The van der Waals surface area contributed by atoms with Gasteiger partial charge >= 0.3 is 6.09 Å². The van der Waals surface area contributed by atoms with Crippen LogP contribution in [0.1, 0.15) is 53.9 Å². The van der Waals surface area contributed by atoms with Crippen LogP contribution in [0.4, 0.5) is 10.5 Å². The zero-order valence-electron chi connectivity index (χ0n) is 15.4. The van der Waals surface area contributed by atoms with Crippen molar-refractivity contribution in [2.24, 2.45) is 11.3 Å². The largest absolute Gasteiger partial charge is 0.412 e. The molecule has 24 heavy (non-hydrogen) atoms. The summed E-state index contributed by atoms with van der Waals surface area (Å²) in [5, 5.41) is 5.59.